The minimum absolute atomic E-state index is 0.178. The standard InChI is InChI=1S/C26H24N4O4S/c1-33-21-7-5-6-20(16-21)30-15-14-27-26(30)35-17-24(31)28-19-12-10-18(11-13-19)25(32)29-22-8-3-4-9-23(22)34-2/h3-16H,17H2,1-2H3,(H,28,31)(H,29,32). The van der Waals surface area contributed by atoms with Crippen molar-refractivity contribution in [2.75, 3.05) is 30.6 Å². The molecule has 2 N–H and O–H groups in total. The van der Waals surface area contributed by atoms with Gasteiger partial charge in [0, 0.05) is 29.7 Å². The van der Waals surface area contributed by atoms with Crippen molar-refractivity contribution in [1.82, 2.24) is 9.55 Å². The molecular weight excluding hydrogens is 464 g/mol. The molecule has 4 rings (SSSR count). The molecule has 0 atom stereocenters. The van der Waals surface area contributed by atoms with Gasteiger partial charge in [0.1, 0.15) is 11.5 Å². The highest BCUT2D eigenvalue weighted by Gasteiger charge is 2.12. The van der Waals surface area contributed by atoms with E-state index in [1.807, 2.05) is 47.2 Å². The number of methoxy groups -OCH3 is 2. The number of para-hydroxylation sites is 2. The Morgan fingerprint density at radius 1 is 0.943 bits per heavy atom. The van der Waals surface area contributed by atoms with E-state index in [1.54, 1.807) is 56.8 Å². The summed E-state index contributed by atoms with van der Waals surface area (Å²) in [5.74, 6) is 1.05. The summed E-state index contributed by atoms with van der Waals surface area (Å²) in [4.78, 5) is 29.4. The number of benzene rings is 3. The van der Waals surface area contributed by atoms with Crippen molar-refractivity contribution in [2.24, 2.45) is 0 Å². The first-order chi connectivity index (χ1) is 17.1. The molecule has 4 aromatic rings. The molecule has 8 nitrogen and oxygen atoms in total. The number of aromatic nitrogens is 2. The summed E-state index contributed by atoms with van der Waals surface area (Å²) in [6, 6.07) is 21.5. The van der Waals surface area contributed by atoms with E-state index in [-0.39, 0.29) is 17.6 Å². The topological polar surface area (TPSA) is 94.5 Å². The van der Waals surface area contributed by atoms with E-state index in [0.29, 0.717) is 27.8 Å². The lowest BCUT2D eigenvalue weighted by atomic mass is 10.2. The average molecular weight is 489 g/mol. The second-order valence-electron chi connectivity index (χ2n) is 7.35. The summed E-state index contributed by atoms with van der Waals surface area (Å²) in [6.45, 7) is 0. The fraction of sp³-hybridized carbons (Fsp3) is 0.115. The first-order valence-corrected chi connectivity index (χ1v) is 11.7. The van der Waals surface area contributed by atoms with Crippen LogP contribution in [0.5, 0.6) is 11.5 Å². The summed E-state index contributed by atoms with van der Waals surface area (Å²) in [7, 11) is 3.17. The molecule has 0 radical (unpaired) electrons. The van der Waals surface area contributed by atoms with E-state index in [2.05, 4.69) is 15.6 Å². The quantitative estimate of drug-likeness (QED) is 0.327. The maximum absolute atomic E-state index is 12.6. The van der Waals surface area contributed by atoms with E-state index in [4.69, 9.17) is 9.47 Å². The predicted molar refractivity (Wildman–Crippen MR) is 137 cm³/mol. The number of amides is 2. The van der Waals surface area contributed by atoms with Crippen molar-refractivity contribution in [1.29, 1.82) is 0 Å². The summed E-state index contributed by atoms with van der Waals surface area (Å²) >= 11 is 1.33. The van der Waals surface area contributed by atoms with Crippen LogP contribution in [-0.4, -0.2) is 41.3 Å². The normalized spacial score (nSPS) is 10.5. The van der Waals surface area contributed by atoms with Gasteiger partial charge in [-0.05, 0) is 48.5 Å². The number of nitrogens with one attached hydrogen (secondary N) is 2. The van der Waals surface area contributed by atoms with E-state index in [9.17, 15) is 9.59 Å². The van der Waals surface area contributed by atoms with Crippen LogP contribution in [0.2, 0.25) is 0 Å². The largest absolute Gasteiger partial charge is 0.497 e. The van der Waals surface area contributed by atoms with Gasteiger partial charge in [-0.3, -0.25) is 14.2 Å². The number of anilines is 2. The fourth-order valence-electron chi connectivity index (χ4n) is 3.33. The summed E-state index contributed by atoms with van der Waals surface area (Å²) in [5.41, 5.74) is 2.54. The third-order valence-electron chi connectivity index (χ3n) is 5.06. The van der Waals surface area contributed by atoms with Crippen molar-refractivity contribution in [3.8, 4) is 17.2 Å². The molecule has 0 aliphatic rings. The van der Waals surface area contributed by atoms with Crippen molar-refractivity contribution in [3.63, 3.8) is 0 Å². The minimum Gasteiger partial charge on any atom is -0.497 e. The van der Waals surface area contributed by atoms with Crippen LogP contribution in [-0.2, 0) is 4.79 Å². The number of imidazole rings is 1. The lowest BCUT2D eigenvalue weighted by Crippen LogP contribution is -2.15. The molecule has 9 heteroatoms. The Kier molecular flexibility index (Phi) is 7.69. The third-order valence-corrected chi connectivity index (χ3v) is 6.02. The first kappa shape index (κ1) is 23.9. The molecule has 0 fully saturated rings. The minimum atomic E-state index is -0.271. The van der Waals surface area contributed by atoms with Crippen LogP contribution < -0.4 is 20.1 Å². The van der Waals surface area contributed by atoms with Gasteiger partial charge < -0.3 is 20.1 Å². The van der Waals surface area contributed by atoms with Gasteiger partial charge in [0.05, 0.1) is 31.3 Å². The number of ether oxygens (including phenoxy) is 2. The zero-order chi connectivity index (χ0) is 24.6. The number of carbonyl (C=O) groups excluding carboxylic acids is 2. The molecule has 0 saturated carbocycles. The van der Waals surface area contributed by atoms with E-state index in [1.165, 1.54) is 11.8 Å². The van der Waals surface area contributed by atoms with E-state index >= 15 is 0 Å². The van der Waals surface area contributed by atoms with Crippen LogP contribution in [0.4, 0.5) is 11.4 Å². The van der Waals surface area contributed by atoms with Gasteiger partial charge in [-0.2, -0.15) is 0 Å². The number of hydrogen-bond acceptors (Lipinski definition) is 6. The highest BCUT2D eigenvalue weighted by molar-refractivity contribution is 7.99. The third kappa shape index (κ3) is 6.01. The van der Waals surface area contributed by atoms with Crippen LogP contribution >= 0.6 is 11.8 Å². The molecule has 0 aliphatic heterocycles. The summed E-state index contributed by atoms with van der Waals surface area (Å²) in [6.07, 6.45) is 3.53. The molecule has 3 aromatic carbocycles. The molecule has 2 amide bonds. The molecule has 1 heterocycles. The van der Waals surface area contributed by atoms with E-state index in [0.717, 1.165) is 11.4 Å². The first-order valence-electron chi connectivity index (χ1n) is 10.7. The zero-order valence-electron chi connectivity index (χ0n) is 19.2. The van der Waals surface area contributed by atoms with Gasteiger partial charge in [-0.25, -0.2) is 4.98 Å². The van der Waals surface area contributed by atoms with Crippen LogP contribution in [0.1, 0.15) is 10.4 Å². The van der Waals surface area contributed by atoms with Gasteiger partial charge in [0.25, 0.3) is 5.91 Å². The van der Waals surface area contributed by atoms with Gasteiger partial charge in [0.15, 0.2) is 5.16 Å². The Hall–Kier alpha value is -4.24. The van der Waals surface area contributed by atoms with Crippen LogP contribution in [0.15, 0.2) is 90.3 Å². The second kappa shape index (κ2) is 11.3. The monoisotopic (exact) mass is 488 g/mol. The molecule has 0 unspecified atom stereocenters. The number of hydrogen-bond donors (Lipinski definition) is 2. The maximum atomic E-state index is 12.6. The predicted octanol–water partition coefficient (Wildman–Crippen LogP) is 4.87. The molecule has 0 saturated heterocycles. The summed E-state index contributed by atoms with van der Waals surface area (Å²) in [5, 5.41) is 6.37. The van der Waals surface area contributed by atoms with Crippen molar-refractivity contribution in [3.05, 3.63) is 90.8 Å². The Bertz CT molecular complexity index is 1320. The van der Waals surface area contributed by atoms with Crippen LogP contribution in [0.25, 0.3) is 5.69 Å². The Morgan fingerprint density at radius 3 is 2.51 bits per heavy atom. The van der Waals surface area contributed by atoms with Crippen molar-refractivity contribution in [2.45, 2.75) is 5.16 Å². The van der Waals surface area contributed by atoms with Crippen molar-refractivity contribution < 1.29 is 19.1 Å². The maximum Gasteiger partial charge on any atom is 0.255 e. The lowest BCUT2D eigenvalue weighted by molar-refractivity contribution is -0.113. The van der Waals surface area contributed by atoms with Gasteiger partial charge >= 0.3 is 0 Å². The number of rotatable bonds is 9. The molecule has 0 aliphatic carbocycles. The smallest absolute Gasteiger partial charge is 0.255 e. The fourth-order valence-corrected chi connectivity index (χ4v) is 4.10. The lowest BCUT2D eigenvalue weighted by Gasteiger charge is -2.11. The SMILES string of the molecule is COc1cccc(-n2ccnc2SCC(=O)Nc2ccc(C(=O)Nc3ccccc3OC)cc2)c1. The molecule has 0 spiro atoms. The Morgan fingerprint density at radius 2 is 1.74 bits per heavy atom. The van der Waals surface area contributed by atoms with Gasteiger partial charge in [-0.15, -0.1) is 0 Å². The summed E-state index contributed by atoms with van der Waals surface area (Å²) < 4.78 is 12.4. The molecular formula is C26H24N4O4S. The Labute approximate surface area is 207 Å². The average Bonchev–Trinajstić information content (AvgIpc) is 3.37. The molecule has 1 aromatic heterocycles. The van der Waals surface area contributed by atoms with Crippen LogP contribution in [0.3, 0.4) is 0 Å². The number of thioether (sulfide) groups is 1. The number of nitrogens with zero attached hydrogens (tertiary/aromatic N) is 2. The second-order valence-corrected chi connectivity index (χ2v) is 8.29. The zero-order valence-corrected chi connectivity index (χ0v) is 20.0. The van der Waals surface area contributed by atoms with Crippen LogP contribution in [0, 0.1) is 0 Å². The highest BCUT2D eigenvalue weighted by Crippen LogP contribution is 2.25. The Balaban J connectivity index is 1.33. The highest BCUT2D eigenvalue weighted by atomic mass is 32.2. The van der Waals surface area contributed by atoms with Gasteiger partial charge in [-0.1, -0.05) is 30.0 Å². The van der Waals surface area contributed by atoms with E-state index < -0.39 is 0 Å². The van der Waals surface area contributed by atoms with Gasteiger partial charge in [0.2, 0.25) is 5.91 Å². The molecule has 35 heavy (non-hydrogen) atoms. The molecule has 0 bridgehead atoms. The molecule has 178 valence electrons. The number of carbonyl (C=O) groups is 2. The van der Waals surface area contributed by atoms with Crippen molar-refractivity contribution >= 4 is 35.0 Å².